The molecular weight excluding hydrogens is 242 g/mol. The SMILES string of the molecule is Cc1ccc(SCC[NH+]2C[C@@H](C)O[C@H](C)C2)cc1. The van der Waals surface area contributed by atoms with Gasteiger partial charge in [-0.2, -0.15) is 0 Å². The summed E-state index contributed by atoms with van der Waals surface area (Å²) in [6.45, 7) is 10.0. The van der Waals surface area contributed by atoms with E-state index in [0.717, 1.165) is 13.1 Å². The van der Waals surface area contributed by atoms with Crippen LogP contribution in [0.4, 0.5) is 0 Å². The molecular formula is C15H24NOS+. The highest BCUT2D eigenvalue weighted by atomic mass is 32.2. The third-order valence-electron chi connectivity index (χ3n) is 3.36. The van der Waals surface area contributed by atoms with Gasteiger partial charge in [0.15, 0.2) is 0 Å². The minimum atomic E-state index is 0.410. The van der Waals surface area contributed by atoms with Crippen LogP contribution in [0.2, 0.25) is 0 Å². The summed E-state index contributed by atoms with van der Waals surface area (Å²) in [6.07, 6.45) is 0.821. The fourth-order valence-corrected chi connectivity index (χ4v) is 3.50. The summed E-state index contributed by atoms with van der Waals surface area (Å²) in [5.74, 6) is 1.19. The van der Waals surface area contributed by atoms with E-state index in [1.54, 1.807) is 4.90 Å². The van der Waals surface area contributed by atoms with Crippen molar-refractivity contribution in [1.82, 2.24) is 0 Å². The molecule has 0 aliphatic carbocycles. The van der Waals surface area contributed by atoms with Crippen LogP contribution in [0, 0.1) is 6.92 Å². The number of thioether (sulfide) groups is 1. The molecule has 0 aromatic heterocycles. The first-order chi connectivity index (χ1) is 8.63. The quantitative estimate of drug-likeness (QED) is 0.835. The van der Waals surface area contributed by atoms with Crippen molar-refractivity contribution in [3.63, 3.8) is 0 Å². The van der Waals surface area contributed by atoms with E-state index in [1.165, 1.54) is 22.8 Å². The molecule has 1 N–H and O–H groups in total. The fourth-order valence-electron chi connectivity index (χ4n) is 2.54. The average Bonchev–Trinajstić information content (AvgIpc) is 2.30. The summed E-state index contributed by atoms with van der Waals surface area (Å²) in [7, 11) is 0. The number of nitrogens with one attached hydrogen (secondary N) is 1. The van der Waals surface area contributed by atoms with Crippen LogP contribution in [-0.4, -0.2) is 37.6 Å². The number of quaternary nitrogens is 1. The van der Waals surface area contributed by atoms with E-state index in [9.17, 15) is 0 Å². The van der Waals surface area contributed by atoms with Gasteiger partial charge in [-0.3, -0.25) is 0 Å². The second kappa shape index (κ2) is 6.60. The summed E-state index contributed by atoms with van der Waals surface area (Å²) < 4.78 is 5.77. The molecule has 0 radical (unpaired) electrons. The number of hydrogen-bond donors (Lipinski definition) is 1. The van der Waals surface area contributed by atoms with E-state index in [4.69, 9.17) is 4.74 Å². The zero-order chi connectivity index (χ0) is 13.0. The molecule has 1 aliphatic heterocycles. The second-order valence-corrected chi connectivity index (χ2v) is 6.50. The van der Waals surface area contributed by atoms with E-state index in [-0.39, 0.29) is 0 Å². The van der Waals surface area contributed by atoms with Gasteiger partial charge in [-0.05, 0) is 32.9 Å². The van der Waals surface area contributed by atoms with Gasteiger partial charge in [0.1, 0.15) is 25.3 Å². The lowest BCUT2D eigenvalue weighted by Crippen LogP contribution is -3.15. The number of hydrogen-bond acceptors (Lipinski definition) is 2. The molecule has 1 aromatic rings. The molecule has 0 bridgehead atoms. The molecule has 1 aromatic carbocycles. The van der Waals surface area contributed by atoms with Crippen molar-refractivity contribution >= 4 is 11.8 Å². The summed E-state index contributed by atoms with van der Waals surface area (Å²) in [4.78, 5) is 3.07. The van der Waals surface area contributed by atoms with Gasteiger partial charge in [0.05, 0.1) is 6.54 Å². The van der Waals surface area contributed by atoms with Crippen LogP contribution >= 0.6 is 11.8 Å². The van der Waals surface area contributed by atoms with Crippen molar-refractivity contribution in [3.8, 4) is 0 Å². The predicted octanol–water partition coefficient (Wildman–Crippen LogP) is 1.78. The van der Waals surface area contributed by atoms with Crippen LogP contribution in [0.1, 0.15) is 19.4 Å². The fraction of sp³-hybridized carbons (Fsp3) is 0.600. The van der Waals surface area contributed by atoms with Gasteiger partial charge in [-0.15, -0.1) is 11.8 Å². The standard InChI is InChI=1S/C15H23NOS/c1-12-4-6-15(7-5-12)18-9-8-16-10-13(2)17-14(3)11-16/h4-7,13-14H,8-11H2,1-3H3/p+1/t13-,14-/m1/s1. The minimum absolute atomic E-state index is 0.410. The Kier molecular flexibility index (Phi) is 5.10. The average molecular weight is 266 g/mol. The molecule has 0 saturated carbocycles. The monoisotopic (exact) mass is 266 g/mol. The Morgan fingerprint density at radius 2 is 1.78 bits per heavy atom. The largest absolute Gasteiger partial charge is 0.364 e. The van der Waals surface area contributed by atoms with Gasteiger partial charge in [-0.1, -0.05) is 17.7 Å². The Morgan fingerprint density at radius 3 is 2.39 bits per heavy atom. The Balaban J connectivity index is 1.73. The van der Waals surface area contributed by atoms with Crippen LogP contribution in [0.15, 0.2) is 29.2 Å². The van der Waals surface area contributed by atoms with Crippen molar-refractivity contribution in [1.29, 1.82) is 0 Å². The minimum Gasteiger partial charge on any atom is -0.364 e. The highest BCUT2D eigenvalue weighted by Crippen LogP contribution is 2.17. The summed E-state index contributed by atoms with van der Waals surface area (Å²) in [5, 5.41) is 0. The molecule has 0 unspecified atom stereocenters. The maximum absolute atomic E-state index is 5.77. The van der Waals surface area contributed by atoms with Crippen molar-refractivity contribution in [3.05, 3.63) is 29.8 Å². The van der Waals surface area contributed by atoms with Gasteiger partial charge in [0.25, 0.3) is 0 Å². The van der Waals surface area contributed by atoms with Gasteiger partial charge in [0, 0.05) is 10.6 Å². The molecule has 0 spiro atoms. The third kappa shape index (κ3) is 4.30. The van der Waals surface area contributed by atoms with Crippen molar-refractivity contribution in [2.45, 2.75) is 37.9 Å². The molecule has 1 heterocycles. The molecule has 1 aliphatic rings. The van der Waals surface area contributed by atoms with Crippen LogP contribution in [0.5, 0.6) is 0 Å². The Bertz CT molecular complexity index is 355. The third-order valence-corrected chi connectivity index (χ3v) is 4.38. The summed E-state index contributed by atoms with van der Waals surface area (Å²) in [5.41, 5.74) is 1.33. The molecule has 1 saturated heterocycles. The first-order valence-corrected chi connectivity index (χ1v) is 7.80. The van der Waals surface area contributed by atoms with Crippen LogP contribution in [-0.2, 0) is 4.74 Å². The lowest BCUT2D eigenvalue weighted by atomic mass is 10.2. The first kappa shape index (κ1) is 13.9. The number of aryl methyl sites for hydroxylation is 1. The second-order valence-electron chi connectivity index (χ2n) is 5.33. The zero-order valence-electron chi connectivity index (χ0n) is 11.6. The van der Waals surface area contributed by atoms with Gasteiger partial charge >= 0.3 is 0 Å². The highest BCUT2D eigenvalue weighted by molar-refractivity contribution is 7.99. The molecule has 3 heteroatoms. The Morgan fingerprint density at radius 1 is 1.17 bits per heavy atom. The highest BCUT2D eigenvalue weighted by Gasteiger charge is 2.24. The lowest BCUT2D eigenvalue weighted by molar-refractivity contribution is -0.912. The molecule has 18 heavy (non-hydrogen) atoms. The molecule has 2 rings (SSSR count). The smallest absolute Gasteiger partial charge is 0.104 e. The molecule has 2 nitrogen and oxygen atoms in total. The van der Waals surface area contributed by atoms with Gasteiger partial charge in [0.2, 0.25) is 0 Å². The normalized spacial score (nSPS) is 28.3. The molecule has 100 valence electrons. The number of morpholine rings is 1. The zero-order valence-corrected chi connectivity index (χ0v) is 12.4. The Labute approximate surface area is 115 Å². The van der Waals surface area contributed by atoms with E-state index in [1.807, 2.05) is 11.8 Å². The number of ether oxygens (including phenoxy) is 1. The topological polar surface area (TPSA) is 13.7 Å². The van der Waals surface area contributed by atoms with E-state index < -0.39 is 0 Å². The van der Waals surface area contributed by atoms with Crippen molar-refractivity contribution in [2.24, 2.45) is 0 Å². The van der Waals surface area contributed by atoms with Gasteiger partial charge < -0.3 is 9.64 Å². The number of rotatable bonds is 4. The maximum atomic E-state index is 5.77. The van der Waals surface area contributed by atoms with E-state index >= 15 is 0 Å². The number of benzene rings is 1. The molecule has 1 fully saturated rings. The Hall–Kier alpha value is -0.510. The lowest BCUT2D eigenvalue weighted by Gasteiger charge is -2.32. The van der Waals surface area contributed by atoms with Gasteiger partial charge in [-0.25, -0.2) is 0 Å². The van der Waals surface area contributed by atoms with E-state index in [0.29, 0.717) is 12.2 Å². The summed E-state index contributed by atoms with van der Waals surface area (Å²) >= 11 is 1.96. The first-order valence-electron chi connectivity index (χ1n) is 6.82. The van der Waals surface area contributed by atoms with Crippen molar-refractivity contribution in [2.75, 3.05) is 25.4 Å². The van der Waals surface area contributed by atoms with E-state index in [2.05, 4.69) is 45.0 Å². The molecule has 0 amide bonds. The van der Waals surface area contributed by atoms with Crippen LogP contribution < -0.4 is 4.90 Å². The maximum Gasteiger partial charge on any atom is 0.104 e. The molecule has 2 atom stereocenters. The van der Waals surface area contributed by atoms with Crippen LogP contribution in [0.25, 0.3) is 0 Å². The van der Waals surface area contributed by atoms with Crippen molar-refractivity contribution < 1.29 is 9.64 Å². The predicted molar refractivity (Wildman–Crippen MR) is 77.5 cm³/mol. The summed E-state index contributed by atoms with van der Waals surface area (Å²) in [6, 6.07) is 8.82. The van der Waals surface area contributed by atoms with Crippen LogP contribution in [0.3, 0.4) is 0 Å².